The lowest BCUT2D eigenvalue weighted by atomic mass is 10.2. The molecule has 5 nitrogen and oxygen atoms in total. The van der Waals surface area contributed by atoms with Crippen molar-refractivity contribution in [1.82, 2.24) is 15.1 Å². The predicted molar refractivity (Wildman–Crippen MR) is 108 cm³/mol. The third-order valence-corrected chi connectivity index (χ3v) is 5.39. The lowest BCUT2D eigenvalue weighted by Gasteiger charge is -2.11. The molecule has 3 aromatic rings. The predicted octanol–water partition coefficient (Wildman–Crippen LogP) is 3.93. The molecule has 0 fully saturated rings. The van der Waals surface area contributed by atoms with Gasteiger partial charge in [0.05, 0.1) is 25.0 Å². The zero-order valence-corrected chi connectivity index (χ0v) is 16.3. The molecule has 27 heavy (non-hydrogen) atoms. The van der Waals surface area contributed by atoms with Crippen LogP contribution in [0.25, 0.3) is 5.69 Å². The number of methoxy groups -OCH3 is 1. The molecule has 1 N–H and O–H groups in total. The average molecular weight is 382 g/mol. The number of rotatable bonds is 8. The summed E-state index contributed by atoms with van der Waals surface area (Å²) in [7, 11) is 1.64. The number of ether oxygens (including phenoxy) is 1. The Kier molecular flexibility index (Phi) is 6.54. The van der Waals surface area contributed by atoms with E-state index in [-0.39, 0.29) is 11.8 Å². The van der Waals surface area contributed by atoms with Gasteiger partial charge in [-0.25, -0.2) is 4.68 Å². The average Bonchev–Trinajstić information content (AvgIpc) is 3.20. The molecular weight excluding hydrogens is 358 g/mol. The van der Waals surface area contributed by atoms with Gasteiger partial charge in [0.15, 0.2) is 0 Å². The third kappa shape index (κ3) is 5.37. The maximum Gasteiger partial charge on any atom is 0.223 e. The van der Waals surface area contributed by atoms with Crippen LogP contribution in [0.3, 0.4) is 0 Å². The standard InChI is InChI=1S/C21H23N3O2S/c1-16(15-27-20-6-4-3-5-7-20)21(25)22-14-17-12-13-24(23-17)18-8-10-19(26-2)11-9-18/h3-13,16H,14-15H2,1-2H3,(H,22,25). The highest BCUT2D eigenvalue weighted by Gasteiger charge is 2.13. The first kappa shape index (κ1) is 19.0. The van der Waals surface area contributed by atoms with E-state index >= 15 is 0 Å². The van der Waals surface area contributed by atoms with Gasteiger partial charge in [-0.1, -0.05) is 25.1 Å². The highest BCUT2D eigenvalue weighted by molar-refractivity contribution is 7.99. The van der Waals surface area contributed by atoms with Crippen LogP contribution in [0.1, 0.15) is 12.6 Å². The number of thioether (sulfide) groups is 1. The van der Waals surface area contributed by atoms with E-state index in [2.05, 4.69) is 22.5 Å². The number of carbonyl (C=O) groups is 1. The van der Waals surface area contributed by atoms with Crippen LogP contribution in [0.2, 0.25) is 0 Å². The van der Waals surface area contributed by atoms with E-state index in [0.717, 1.165) is 22.9 Å². The van der Waals surface area contributed by atoms with Crippen LogP contribution < -0.4 is 10.1 Å². The van der Waals surface area contributed by atoms with E-state index in [1.807, 2.05) is 61.7 Å². The molecule has 1 amide bonds. The van der Waals surface area contributed by atoms with Crippen molar-refractivity contribution in [1.29, 1.82) is 0 Å². The Morgan fingerprint density at radius 1 is 1.15 bits per heavy atom. The first-order valence-electron chi connectivity index (χ1n) is 8.80. The fourth-order valence-electron chi connectivity index (χ4n) is 2.50. The summed E-state index contributed by atoms with van der Waals surface area (Å²) in [5.74, 6) is 1.52. The summed E-state index contributed by atoms with van der Waals surface area (Å²) in [5.41, 5.74) is 1.77. The van der Waals surface area contributed by atoms with Crippen LogP contribution in [0.5, 0.6) is 5.75 Å². The minimum Gasteiger partial charge on any atom is -0.497 e. The number of carbonyl (C=O) groups excluding carboxylic acids is 1. The van der Waals surface area contributed by atoms with Gasteiger partial charge in [-0.15, -0.1) is 11.8 Å². The molecule has 140 valence electrons. The second kappa shape index (κ2) is 9.28. The molecule has 0 radical (unpaired) electrons. The van der Waals surface area contributed by atoms with Gasteiger partial charge >= 0.3 is 0 Å². The molecule has 1 heterocycles. The van der Waals surface area contributed by atoms with Crippen molar-refractivity contribution in [2.24, 2.45) is 5.92 Å². The Bertz CT molecular complexity index is 863. The van der Waals surface area contributed by atoms with Crippen LogP contribution in [0, 0.1) is 5.92 Å². The van der Waals surface area contributed by atoms with E-state index in [1.165, 1.54) is 4.90 Å². The quantitative estimate of drug-likeness (QED) is 0.601. The summed E-state index contributed by atoms with van der Waals surface area (Å²) < 4.78 is 6.95. The van der Waals surface area contributed by atoms with Crippen molar-refractivity contribution < 1.29 is 9.53 Å². The number of hydrogen-bond donors (Lipinski definition) is 1. The fourth-order valence-corrected chi connectivity index (χ4v) is 3.44. The summed E-state index contributed by atoms with van der Waals surface area (Å²) in [6.45, 7) is 2.36. The molecular formula is C21H23N3O2S. The lowest BCUT2D eigenvalue weighted by molar-refractivity contribution is -0.124. The maximum atomic E-state index is 12.3. The molecule has 0 aliphatic heterocycles. The van der Waals surface area contributed by atoms with Crippen LogP contribution in [-0.2, 0) is 11.3 Å². The van der Waals surface area contributed by atoms with Crippen molar-refractivity contribution in [3.8, 4) is 11.4 Å². The number of aromatic nitrogens is 2. The topological polar surface area (TPSA) is 56.1 Å². The molecule has 6 heteroatoms. The van der Waals surface area contributed by atoms with Crippen LogP contribution in [0.15, 0.2) is 71.8 Å². The van der Waals surface area contributed by atoms with Gasteiger partial charge in [-0.2, -0.15) is 5.10 Å². The Hall–Kier alpha value is -2.73. The number of nitrogens with zero attached hydrogens (tertiary/aromatic N) is 2. The van der Waals surface area contributed by atoms with Crippen LogP contribution >= 0.6 is 11.8 Å². The highest BCUT2D eigenvalue weighted by atomic mass is 32.2. The van der Waals surface area contributed by atoms with E-state index in [1.54, 1.807) is 23.6 Å². The minimum absolute atomic E-state index is 0.0393. The molecule has 2 aromatic carbocycles. The number of benzene rings is 2. The van der Waals surface area contributed by atoms with Crippen LogP contribution in [0.4, 0.5) is 0 Å². The maximum absolute atomic E-state index is 12.3. The molecule has 1 unspecified atom stereocenters. The summed E-state index contributed by atoms with van der Waals surface area (Å²) in [6.07, 6.45) is 1.89. The molecule has 0 saturated heterocycles. The Morgan fingerprint density at radius 3 is 2.59 bits per heavy atom. The zero-order chi connectivity index (χ0) is 19.1. The van der Waals surface area contributed by atoms with Crippen LogP contribution in [-0.4, -0.2) is 28.6 Å². The second-order valence-electron chi connectivity index (χ2n) is 6.19. The molecule has 1 aromatic heterocycles. The summed E-state index contributed by atoms with van der Waals surface area (Å²) in [5, 5.41) is 7.49. The molecule has 0 spiro atoms. The number of hydrogen-bond acceptors (Lipinski definition) is 4. The Balaban J connectivity index is 1.49. The van der Waals surface area contributed by atoms with Gasteiger partial charge in [0.2, 0.25) is 5.91 Å². The van der Waals surface area contributed by atoms with Crippen molar-refractivity contribution in [3.05, 3.63) is 72.6 Å². The normalized spacial score (nSPS) is 11.8. The zero-order valence-electron chi connectivity index (χ0n) is 15.5. The largest absolute Gasteiger partial charge is 0.497 e. The molecule has 0 bridgehead atoms. The van der Waals surface area contributed by atoms with Crippen molar-refractivity contribution in [2.75, 3.05) is 12.9 Å². The van der Waals surface area contributed by atoms with Crippen molar-refractivity contribution in [2.45, 2.75) is 18.4 Å². The van der Waals surface area contributed by atoms with E-state index < -0.39 is 0 Å². The number of nitrogens with one attached hydrogen (secondary N) is 1. The lowest BCUT2D eigenvalue weighted by Crippen LogP contribution is -2.30. The molecule has 0 saturated carbocycles. The summed E-state index contributed by atoms with van der Waals surface area (Å²) in [6, 6.07) is 19.7. The SMILES string of the molecule is COc1ccc(-n2ccc(CNC(=O)C(C)CSc3ccccc3)n2)cc1. The van der Waals surface area contributed by atoms with Gasteiger partial charge < -0.3 is 10.1 Å². The first-order valence-corrected chi connectivity index (χ1v) is 9.79. The molecule has 0 aliphatic rings. The van der Waals surface area contributed by atoms with Gasteiger partial charge in [-0.05, 0) is 42.5 Å². The van der Waals surface area contributed by atoms with Gasteiger partial charge in [0.25, 0.3) is 0 Å². The summed E-state index contributed by atoms with van der Waals surface area (Å²) >= 11 is 1.69. The molecule has 1 atom stereocenters. The number of amides is 1. The van der Waals surface area contributed by atoms with E-state index in [4.69, 9.17) is 4.74 Å². The minimum atomic E-state index is -0.0705. The monoisotopic (exact) mass is 381 g/mol. The van der Waals surface area contributed by atoms with Crippen molar-refractivity contribution in [3.63, 3.8) is 0 Å². The fraction of sp³-hybridized carbons (Fsp3) is 0.238. The van der Waals surface area contributed by atoms with Crippen molar-refractivity contribution >= 4 is 17.7 Å². The van der Waals surface area contributed by atoms with E-state index in [9.17, 15) is 4.79 Å². The Morgan fingerprint density at radius 2 is 1.89 bits per heavy atom. The van der Waals surface area contributed by atoms with Gasteiger partial charge in [0.1, 0.15) is 5.75 Å². The first-order chi connectivity index (χ1) is 13.2. The molecule has 0 aliphatic carbocycles. The van der Waals surface area contributed by atoms with Gasteiger partial charge in [-0.3, -0.25) is 4.79 Å². The Labute approximate surface area is 163 Å². The smallest absolute Gasteiger partial charge is 0.223 e. The summed E-state index contributed by atoms with van der Waals surface area (Å²) in [4.78, 5) is 13.5. The van der Waals surface area contributed by atoms with E-state index in [0.29, 0.717) is 6.54 Å². The van der Waals surface area contributed by atoms with Gasteiger partial charge in [0, 0.05) is 22.8 Å². The second-order valence-corrected chi connectivity index (χ2v) is 7.29. The third-order valence-electron chi connectivity index (χ3n) is 4.12. The molecule has 3 rings (SSSR count). The highest BCUT2D eigenvalue weighted by Crippen LogP contribution is 2.20.